The van der Waals surface area contributed by atoms with Gasteiger partial charge in [0.25, 0.3) is 5.91 Å². The van der Waals surface area contributed by atoms with E-state index in [1.165, 1.54) is 0 Å². The first-order valence-corrected chi connectivity index (χ1v) is 10.9. The van der Waals surface area contributed by atoms with Crippen molar-refractivity contribution in [2.75, 3.05) is 20.2 Å². The third-order valence-corrected chi connectivity index (χ3v) is 6.09. The normalized spacial score (nSPS) is 17.8. The second-order valence-electron chi connectivity index (χ2n) is 8.23. The molecule has 1 aliphatic heterocycles. The lowest BCUT2D eigenvalue weighted by atomic mass is 9.87. The fourth-order valence-corrected chi connectivity index (χ4v) is 4.32. The number of amides is 2. The number of hydrogen-bond acceptors (Lipinski definition) is 3. The Morgan fingerprint density at radius 2 is 1.62 bits per heavy atom. The number of ether oxygens (including phenoxy) is 1. The fraction of sp³-hybridized carbons (Fsp3) is 0.259. The van der Waals surface area contributed by atoms with Gasteiger partial charge in [0.15, 0.2) is 0 Å². The maximum absolute atomic E-state index is 13.3. The van der Waals surface area contributed by atoms with E-state index in [4.69, 9.17) is 4.74 Å². The zero-order chi connectivity index (χ0) is 22.5. The molecule has 4 rings (SSSR count). The van der Waals surface area contributed by atoms with Gasteiger partial charge in [-0.15, -0.1) is 0 Å². The smallest absolute Gasteiger partial charge is 0.253 e. The van der Waals surface area contributed by atoms with Gasteiger partial charge in [-0.3, -0.25) is 9.59 Å². The first-order valence-electron chi connectivity index (χ1n) is 10.9. The van der Waals surface area contributed by atoms with Gasteiger partial charge in [-0.05, 0) is 36.2 Å². The summed E-state index contributed by atoms with van der Waals surface area (Å²) in [6.45, 7) is 3.29. The van der Waals surface area contributed by atoms with Crippen LogP contribution in [0.15, 0.2) is 78.9 Å². The molecule has 5 nitrogen and oxygen atoms in total. The molecule has 0 unspecified atom stereocenters. The molecule has 32 heavy (non-hydrogen) atoms. The number of benzene rings is 3. The van der Waals surface area contributed by atoms with Crippen molar-refractivity contribution < 1.29 is 14.3 Å². The summed E-state index contributed by atoms with van der Waals surface area (Å²) >= 11 is 0. The first-order chi connectivity index (χ1) is 15.6. The summed E-state index contributed by atoms with van der Waals surface area (Å²) in [6, 6.07) is 25.1. The van der Waals surface area contributed by atoms with Gasteiger partial charge in [0.05, 0.1) is 13.0 Å². The van der Waals surface area contributed by atoms with Crippen molar-refractivity contribution in [2.24, 2.45) is 5.92 Å². The molecule has 0 aromatic heterocycles. The Hall–Kier alpha value is -3.60. The summed E-state index contributed by atoms with van der Waals surface area (Å²) in [7, 11) is 1.63. The van der Waals surface area contributed by atoms with Gasteiger partial charge in [0.2, 0.25) is 5.91 Å². The Bertz CT molecular complexity index is 1080. The largest absolute Gasteiger partial charge is 0.496 e. The van der Waals surface area contributed by atoms with Gasteiger partial charge in [-0.25, -0.2) is 0 Å². The first kappa shape index (κ1) is 21.6. The molecule has 1 heterocycles. The number of nitrogens with zero attached hydrogens (tertiary/aromatic N) is 1. The highest BCUT2D eigenvalue weighted by Gasteiger charge is 2.41. The average molecular weight is 429 g/mol. The molecule has 0 radical (unpaired) electrons. The average Bonchev–Trinajstić information content (AvgIpc) is 3.28. The van der Waals surface area contributed by atoms with E-state index in [9.17, 15) is 9.59 Å². The molecule has 2 atom stereocenters. The number of nitrogens with one attached hydrogen (secondary N) is 1. The zero-order valence-electron chi connectivity index (χ0n) is 18.5. The number of rotatable bonds is 6. The van der Waals surface area contributed by atoms with Crippen LogP contribution in [0.2, 0.25) is 0 Å². The van der Waals surface area contributed by atoms with Crippen molar-refractivity contribution in [3.05, 3.63) is 101 Å². The molecule has 1 saturated heterocycles. The number of methoxy groups -OCH3 is 1. The van der Waals surface area contributed by atoms with Gasteiger partial charge in [0, 0.05) is 31.1 Å². The number of carbonyl (C=O) groups is 2. The highest BCUT2D eigenvalue weighted by atomic mass is 16.5. The summed E-state index contributed by atoms with van der Waals surface area (Å²) < 4.78 is 5.57. The Morgan fingerprint density at radius 1 is 0.938 bits per heavy atom. The molecule has 3 aromatic rings. The minimum absolute atomic E-state index is 0.0519. The molecule has 0 bridgehead atoms. The molecule has 3 aromatic carbocycles. The summed E-state index contributed by atoms with van der Waals surface area (Å²) in [5, 5.41) is 3.07. The van der Waals surface area contributed by atoms with E-state index >= 15 is 0 Å². The molecule has 0 aliphatic carbocycles. The lowest BCUT2D eigenvalue weighted by Crippen LogP contribution is -2.35. The van der Waals surface area contributed by atoms with Crippen molar-refractivity contribution in [1.82, 2.24) is 10.2 Å². The lowest BCUT2D eigenvalue weighted by Gasteiger charge is -2.20. The highest BCUT2D eigenvalue weighted by molar-refractivity contribution is 5.95. The molecule has 1 fully saturated rings. The van der Waals surface area contributed by atoms with Gasteiger partial charge < -0.3 is 15.0 Å². The van der Waals surface area contributed by atoms with Crippen LogP contribution in [0.1, 0.15) is 33.0 Å². The van der Waals surface area contributed by atoms with Crippen molar-refractivity contribution in [2.45, 2.75) is 19.4 Å². The number of likely N-dealkylation sites (tertiary alicyclic amines) is 1. The molecular weight excluding hydrogens is 400 g/mol. The van der Waals surface area contributed by atoms with Crippen LogP contribution in [0.4, 0.5) is 0 Å². The lowest BCUT2D eigenvalue weighted by molar-refractivity contribution is -0.125. The fourth-order valence-electron chi connectivity index (χ4n) is 4.32. The van der Waals surface area contributed by atoms with E-state index in [0.29, 0.717) is 25.2 Å². The van der Waals surface area contributed by atoms with Gasteiger partial charge in [-0.1, -0.05) is 66.2 Å². The van der Waals surface area contributed by atoms with Crippen molar-refractivity contribution in [1.29, 1.82) is 0 Å². The van der Waals surface area contributed by atoms with Gasteiger partial charge in [0.1, 0.15) is 5.75 Å². The van der Waals surface area contributed by atoms with Crippen molar-refractivity contribution in [3.63, 3.8) is 0 Å². The van der Waals surface area contributed by atoms with Crippen LogP contribution in [0.5, 0.6) is 5.75 Å². The van der Waals surface area contributed by atoms with Crippen LogP contribution in [0, 0.1) is 12.8 Å². The van der Waals surface area contributed by atoms with Crippen LogP contribution in [-0.2, 0) is 11.3 Å². The third kappa shape index (κ3) is 4.67. The molecule has 0 spiro atoms. The topological polar surface area (TPSA) is 58.6 Å². The Labute approximate surface area is 189 Å². The minimum Gasteiger partial charge on any atom is -0.496 e. The zero-order valence-corrected chi connectivity index (χ0v) is 18.5. The molecule has 5 heteroatoms. The quantitative estimate of drug-likeness (QED) is 0.641. The third-order valence-electron chi connectivity index (χ3n) is 6.09. The SMILES string of the molecule is COc1ccccc1[C@H]1CN(C(=O)c2ccc(C)cc2)C[C@H]1C(=O)NCc1ccccc1. The van der Waals surface area contributed by atoms with Crippen LogP contribution in [0.25, 0.3) is 0 Å². The number of carbonyl (C=O) groups excluding carboxylic acids is 2. The molecule has 1 aliphatic rings. The van der Waals surface area contributed by atoms with E-state index in [1.807, 2.05) is 85.8 Å². The molecule has 1 N–H and O–H groups in total. The van der Waals surface area contributed by atoms with E-state index in [1.54, 1.807) is 12.0 Å². The van der Waals surface area contributed by atoms with E-state index < -0.39 is 0 Å². The van der Waals surface area contributed by atoms with Gasteiger partial charge >= 0.3 is 0 Å². The maximum Gasteiger partial charge on any atom is 0.253 e. The van der Waals surface area contributed by atoms with Crippen LogP contribution in [-0.4, -0.2) is 36.9 Å². The maximum atomic E-state index is 13.3. The molecular formula is C27H28N2O3. The Kier molecular flexibility index (Phi) is 6.55. The standard InChI is InChI=1S/C27H28N2O3/c1-19-12-14-21(15-13-19)27(31)29-17-23(22-10-6-7-11-25(22)32-2)24(18-29)26(30)28-16-20-8-4-3-5-9-20/h3-15,23-24H,16-18H2,1-2H3,(H,28,30)/t23-,24-/m1/s1. The van der Waals surface area contributed by atoms with E-state index in [2.05, 4.69) is 5.32 Å². The predicted molar refractivity (Wildman–Crippen MR) is 125 cm³/mol. The molecule has 0 saturated carbocycles. The summed E-state index contributed by atoms with van der Waals surface area (Å²) in [4.78, 5) is 28.2. The number of aryl methyl sites for hydroxylation is 1. The summed E-state index contributed by atoms with van der Waals surface area (Å²) in [6.07, 6.45) is 0. The van der Waals surface area contributed by atoms with E-state index in [0.717, 1.165) is 22.4 Å². The number of hydrogen-bond donors (Lipinski definition) is 1. The Morgan fingerprint density at radius 3 is 2.34 bits per heavy atom. The summed E-state index contributed by atoms with van der Waals surface area (Å²) in [5.74, 6) is 0.135. The molecule has 2 amide bonds. The number of para-hydroxylation sites is 1. The van der Waals surface area contributed by atoms with Crippen molar-refractivity contribution in [3.8, 4) is 5.75 Å². The van der Waals surface area contributed by atoms with Crippen LogP contribution < -0.4 is 10.1 Å². The predicted octanol–water partition coefficient (Wildman–Crippen LogP) is 4.18. The van der Waals surface area contributed by atoms with Crippen LogP contribution >= 0.6 is 0 Å². The van der Waals surface area contributed by atoms with Crippen molar-refractivity contribution >= 4 is 11.8 Å². The minimum atomic E-state index is -0.357. The summed E-state index contributed by atoms with van der Waals surface area (Å²) in [5.41, 5.74) is 3.74. The monoisotopic (exact) mass is 428 g/mol. The molecule has 164 valence electrons. The van der Waals surface area contributed by atoms with E-state index in [-0.39, 0.29) is 23.7 Å². The second-order valence-corrected chi connectivity index (χ2v) is 8.23. The Balaban J connectivity index is 1.58. The van der Waals surface area contributed by atoms with Gasteiger partial charge in [-0.2, -0.15) is 0 Å². The van der Waals surface area contributed by atoms with Crippen LogP contribution in [0.3, 0.4) is 0 Å². The second kappa shape index (κ2) is 9.69. The highest BCUT2D eigenvalue weighted by Crippen LogP contribution is 2.38.